The van der Waals surface area contributed by atoms with Crippen LogP contribution in [0.4, 0.5) is 0 Å². The van der Waals surface area contributed by atoms with Gasteiger partial charge in [0, 0.05) is 31.2 Å². The van der Waals surface area contributed by atoms with Crippen LogP contribution in [0.5, 0.6) is 5.75 Å². The highest BCUT2D eigenvalue weighted by molar-refractivity contribution is 9.10. The molecule has 0 amide bonds. The molecule has 0 aliphatic heterocycles. The van der Waals surface area contributed by atoms with Crippen LogP contribution >= 0.6 is 39.1 Å². The first-order valence-electron chi connectivity index (χ1n) is 6.77. The molecular weight excluding hydrogens is 391 g/mol. The number of hydrogen-bond acceptors (Lipinski definition) is 4. The van der Waals surface area contributed by atoms with Gasteiger partial charge in [0.1, 0.15) is 5.75 Å². The fourth-order valence-corrected chi connectivity index (χ4v) is 2.82. The number of benzene rings is 1. The zero-order valence-electron chi connectivity index (χ0n) is 12.5. The van der Waals surface area contributed by atoms with Gasteiger partial charge >= 0.3 is 0 Å². The summed E-state index contributed by atoms with van der Waals surface area (Å²) in [5.41, 5.74) is 1.87. The van der Waals surface area contributed by atoms with Crippen LogP contribution in [0.1, 0.15) is 25.1 Å². The molecule has 1 aromatic carbocycles. The van der Waals surface area contributed by atoms with E-state index in [0.717, 1.165) is 15.9 Å². The summed E-state index contributed by atoms with van der Waals surface area (Å²) in [6.07, 6.45) is 0.0484. The Balaban J connectivity index is 2.03. The number of aryl methyl sites for hydroxylation is 1. The quantitative estimate of drug-likeness (QED) is 0.787. The molecule has 8 heteroatoms. The van der Waals surface area contributed by atoms with E-state index in [4.69, 9.17) is 27.9 Å². The SMILES string of the molecule is CC(C)Oc1cc(Cl)c(CNCc2c(Br)nnn2C)cc1Cl. The Morgan fingerprint density at radius 1 is 1.27 bits per heavy atom. The maximum absolute atomic E-state index is 6.29. The molecule has 22 heavy (non-hydrogen) atoms. The highest BCUT2D eigenvalue weighted by Crippen LogP contribution is 2.32. The van der Waals surface area contributed by atoms with Gasteiger partial charge in [0.25, 0.3) is 0 Å². The van der Waals surface area contributed by atoms with Crippen LogP contribution in [0.15, 0.2) is 16.7 Å². The van der Waals surface area contributed by atoms with Crippen molar-refractivity contribution in [3.8, 4) is 5.75 Å². The average molecular weight is 408 g/mol. The van der Waals surface area contributed by atoms with Crippen molar-refractivity contribution in [2.24, 2.45) is 7.05 Å². The molecule has 0 saturated carbocycles. The van der Waals surface area contributed by atoms with E-state index in [2.05, 4.69) is 31.6 Å². The fraction of sp³-hybridized carbons (Fsp3) is 0.429. The second-order valence-electron chi connectivity index (χ2n) is 5.09. The third-order valence-electron chi connectivity index (χ3n) is 2.97. The summed E-state index contributed by atoms with van der Waals surface area (Å²) in [6.45, 7) is 5.08. The fourth-order valence-electron chi connectivity index (χ4n) is 1.90. The third kappa shape index (κ3) is 4.35. The lowest BCUT2D eigenvalue weighted by Crippen LogP contribution is -2.16. The average Bonchev–Trinajstić information content (AvgIpc) is 2.75. The number of rotatable bonds is 6. The smallest absolute Gasteiger partial charge is 0.152 e. The van der Waals surface area contributed by atoms with Gasteiger partial charge in [-0.1, -0.05) is 28.4 Å². The molecule has 0 unspecified atom stereocenters. The molecule has 0 spiro atoms. The highest BCUT2D eigenvalue weighted by Gasteiger charge is 2.11. The molecule has 1 aromatic heterocycles. The number of nitrogens with one attached hydrogen (secondary N) is 1. The summed E-state index contributed by atoms with van der Waals surface area (Å²) in [5, 5.41) is 12.3. The van der Waals surface area contributed by atoms with Crippen LogP contribution in [0.2, 0.25) is 10.0 Å². The van der Waals surface area contributed by atoms with Crippen molar-refractivity contribution in [2.45, 2.75) is 33.0 Å². The van der Waals surface area contributed by atoms with E-state index in [1.807, 2.05) is 27.0 Å². The summed E-state index contributed by atoms with van der Waals surface area (Å²) >= 11 is 15.9. The van der Waals surface area contributed by atoms with E-state index < -0.39 is 0 Å². The number of hydrogen-bond donors (Lipinski definition) is 1. The van der Waals surface area contributed by atoms with E-state index >= 15 is 0 Å². The van der Waals surface area contributed by atoms with Crippen molar-refractivity contribution in [3.63, 3.8) is 0 Å². The summed E-state index contributed by atoms with van der Waals surface area (Å²) in [4.78, 5) is 0. The maximum Gasteiger partial charge on any atom is 0.152 e. The van der Waals surface area contributed by atoms with Crippen LogP contribution in [0.3, 0.4) is 0 Å². The first-order valence-corrected chi connectivity index (χ1v) is 8.32. The van der Waals surface area contributed by atoms with Gasteiger partial charge in [-0.25, -0.2) is 4.68 Å². The van der Waals surface area contributed by atoms with Crippen molar-refractivity contribution in [3.05, 3.63) is 38.0 Å². The van der Waals surface area contributed by atoms with Crippen molar-refractivity contribution in [1.82, 2.24) is 20.3 Å². The van der Waals surface area contributed by atoms with E-state index in [1.54, 1.807) is 10.7 Å². The molecule has 0 aliphatic rings. The van der Waals surface area contributed by atoms with E-state index in [-0.39, 0.29) is 6.10 Å². The van der Waals surface area contributed by atoms with Crippen molar-refractivity contribution in [2.75, 3.05) is 0 Å². The molecule has 5 nitrogen and oxygen atoms in total. The lowest BCUT2D eigenvalue weighted by molar-refractivity contribution is 0.242. The normalized spacial score (nSPS) is 11.2. The van der Waals surface area contributed by atoms with Gasteiger partial charge < -0.3 is 10.1 Å². The first kappa shape index (κ1) is 17.5. The molecular formula is C14H17BrCl2N4O. The predicted octanol–water partition coefficient (Wildman–Crippen LogP) is 3.96. The minimum absolute atomic E-state index is 0.0484. The molecule has 2 rings (SSSR count). The molecule has 1 N–H and O–H groups in total. The van der Waals surface area contributed by atoms with Gasteiger partial charge in [0.2, 0.25) is 0 Å². The largest absolute Gasteiger partial charge is 0.489 e. The Bertz CT molecular complexity index is 641. The van der Waals surface area contributed by atoms with Gasteiger partial charge in [0.05, 0.1) is 16.8 Å². The predicted molar refractivity (Wildman–Crippen MR) is 91.5 cm³/mol. The first-order chi connectivity index (χ1) is 10.4. The molecule has 2 aromatic rings. The maximum atomic E-state index is 6.29. The Labute approximate surface area is 148 Å². The summed E-state index contributed by atoms with van der Waals surface area (Å²) in [6, 6.07) is 3.58. The van der Waals surface area contributed by atoms with Gasteiger partial charge in [-0.2, -0.15) is 0 Å². The van der Waals surface area contributed by atoms with Crippen LogP contribution < -0.4 is 10.1 Å². The van der Waals surface area contributed by atoms with Crippen molar-refractivity contribution in [1.29, 1.82) is 0 Å². The van der Waals surface area contributed by atoms with Gasteiger partial charge in [0.15, 0.2) is 4.60 Å². The van der Waals surface area contributed by atoms with Gasteiger partial charge in [-0.3, -0.25) is 0 Å². The standard InChI is InChI=1S/C14H17BrCl2N4O/c1-8(2)22-13-5-10(16)9(4-11(13)17)6-18-7-12-14(15)19-20-21(12)3/h4-5,8,18H,6-7H2,1-3H3. The molecule has 0 saturated heterocycles. The third-order valence-corrected chi connectivity index (χ3v) is 4.23. The van der Waals surface area contributed by atoms with E-state index in [1.165, 1.54) is 0 Å². The summed E-state index contributed by atoms with van der Waals surface area (Å²) in [7, 11) is 1.84. The van der Waals surface area contributed by atoms with Crippen LogP contribution in [-0.4, -0.2) is 21.1 Å². The Morgan fingerprint density at radius 3 is 2.59 bits per heavy atom. The minimum atomic E-state index is 0.0484. The Morgan fingerprint density at radius 2 is 2.00 bits per heavy atom. The summed E-state index contributed by atoms with van der Waals surface area (Å²) in [5.74, 6) is 0.601. The Kier molecular flexibility index (Phi) is 6.09. The number of halogens is 3. The molecule has 0 aliphatic carbocycles. The molecule has 1 heterocycles. The van der Waals surface area contributed by atoms with Gasteiger partial charge in [-0.05, 0) is 41.4 Å². The Hall–Kier alpha value is -0.820. The van der Waals surface area contributed by atoms with Crippen LogP contribution in [0, 0.1) is 0 Å². The molecule has 0 radical (unpaired) electrons. The summed E-state index contributed by atoms with van der Waals surface area (Å²) < 4.78 is 8.06. The molecule has 0 fully saturated rings. The molecule has 120 valence electrons. The number of aromatic nitrogens is 3. The molecule has 0 atom stereocenters. The monoisotopic (exact) mass is 406 g/mol. The zero-order valence-corrected chi connectivity index (χ0v) is 15.6. The minimum Gasteiger partial charge on any atom is -0.489 e. The van der Waals surface area contributed by atoms with Crippen molar-refractivity contribution >= 4 is 39.1 Å². The lowest BCUT2D eigenvalue weighted by Gasteiger charge is -2.14. The second-order valence-corrected chi connectivity index (χ2v) is 6.66. The molecule has 0 bridgehead atoms. The zero-order chi connectivity index (χ0) is 16.3. The lowest BCUT2D eigenvalue weighted by atomic mass is 10.2. The topological polar surface area (TPSA) is 52.0 Å². The van der Waals surface area contributed by atoms with Crippen molar-refractivity contribution < 1.29 is 4.74 Å². The van der Waals surface area contributed by atoms with Crippen LogP contribution in [0.25, 0.3) is 0 Å². The van der Waals surface area contributed by atoms with Gasteiger partial charge in [-0.15, -0.1) is 5.10 Å². The number of ether oxygens (including phenoxy) is 1. The highest BCUT2D eigenvalue weighted by atomic mass is 79.9. The van der Waals surface area contributed by atoms with E-state index in [0.29, 0.717) is 28.9 Å². The second kappa shape index (κ2) is 7.64. The number of nitrogens with zero attached hydrogens (tertiary/aromatic N) is 3. The van der Waals surface area contributed by atoms with Crippen LogP contribution in [-0.2, 0) is 20.1 Å². The van der Waals surface area contributed by atoms with E-state index in [9.17, 15) is 0 Å².